The fraction of sp³-hybridized carbons (Fsp3) is 0.333. The number of carboxylic acids is 1. The van der Waals surface area contributed by atoms with Crippen molar-refractivity contribution in [3.05, 3.63) is 33.8 Å². The Bertz CT molecular complexity index is 503. The van der Waals surface area contributed by atoms with Crippen LogP contribution in [-0.2, 0) is 16.0 Å². The van der Waals surface area contributed by atoms with Gasteiger partial charge < -0.3 is 15.5 Å². The van der Waals surface area contributed by atoms with Crippen LogP contribution in [0.25, 0.3) is 0 Å². The van der Waals surface area contributed by atoms with Gasteiger partial charge in [0.1, 0.15) is 0 Å². The highest BCUT2D eigenvalue weighted by atomic mass is 35.5. The van der Waals surface area contributed by atoms with E-state index in [1.807, 2.05) is 0 Å². The van der Waals surface area contributed by atoms with E-state index in [1.165, 1.54) is 0 Å². The van der Waals surface area contributed by atoms with E-state index in [-0.39, 0.29) is 18.0 Å². The number of amides is 1. The molecule has 5 nitrogen and oxygen atoms in total. The van der Waals surface area contributed by atoms with Gasteiger partial charge in [-0.1, -0.05) is 35.3 Å². The Labute approximate surface area is 120 Å². The van der Waals surface area contributed by atoms with Crippen LogP contribution in [0.5, 0.6) is 0 Å². The number of carbonyl (C=O) groups excluding carboxylic acids is 1. The van der Waals surface area contributed by atoms with Gasteiger partial charge in [-0.25, -0.2) is 4.79 Å². The predicted molar refractivity (Wildman–Crippen MR) is 71.4 cm³/mol. The molecular formula is C12H13Cl2NO4. The van der Waals surface area contributed by atoms with Crippen molar-refractivity contribution < 1.29 is 19.8 Å². The van der Waals surface area contributed by atoms with E-state index in [4.69, 9.17) is 28.3 Å². The lowest BCUT2D eigenvalue weighted by Crippen LogP contribution is -2.46. The summed E-state index contributed by atoms with van der Waals surface area (Å²) in [6, 6.07) is 4.90. The molecular weight excluding hydrogens is 293 g/mol. The van der Waals surface area contributed by atoms with E-state index >= 15 is 0 Å². The van der Waals surface area contributed by atoms with Gasteiger partial charge in [0.25, 0.3) is 0 Å². The number of carboxylic acid groups (broad SMARTS) is 1. The topological polar surface area (TPSA) is 86.6 Å². The first-order valence-corrected chi connectivity index (χ1v) is 6.15. The number of hydrogen-bond acceptors (Lipinski definition) is 3. The van der Waals surface area contributed by atoms with Crippen LogP contribution in [0.2, 0.25) is 10.0 Å². The number of aliphatic carboxylic acids is 1. The predicted octanol–water partition coefficient (Wildman–Crippen LogP) is 1.49. The van der Waals surface area contributed by atoms with Crippen molar-refractivity contribution in [3.63, 3.8) is 0 Å². The molecule has 0 saturated heterocycles. The quantitative estimate of drug-likeness (QED) is 0.769. The zero-order valence-electron chi connectivity index (χ0n) is 10.1. The van der Waals surface area contributed by atoms with Crippen LogP contribution in [0.15, 0.2) is 18.2 Å². The summed E-state index contributed by atoms with van der Waals surface area (Å²) in [6.45, 7) is 0.710. The molecule has 0 radical (unpaired) electrons. The minimum atomic E-state index is -2.01. The molecule has 0 spiro atoms. The number of carbonyl (C=O) groups is 2. The van der Waals surface area contributed by atoms with Crippen molar-refractivity contribution in [2.24, 2.45) is 0 Å². The van der Waals surface area contributed by atoms with Gasteiger partial charge in [0.15, 0.2) is 5.60 Å². The molecule has 0 aliphatic heterocycles. The van der Waals surface area contributed by atoms with Crippen molar-refractivity contribution in [3.8, 4) is 0 Å². The van der Waals surface area contributed by atoms with Crippen LogP contribution in [-0.4, -0.2) is 34.2 Å². The largest absolute Gasteiger partial charge is 0.479 e. The van der Waals surface area contributed by atoms with Gasteiger partial charge in [-0.3, -0.25) is 4.79 Å². The van der Waals surface area contributed by atoms with Crippen molar-refractivity contribution in [1.29, 1.82) is 0 Å². The summed E-state index contributed by atoms with van der Waals surface area (Å²) in [5.74, 6) is -1.86. The summed E-state index contributed by atoms with van der Waals surface area (Å²) in [6.07, 6.45) is -0.0465. The van der Waals surface area contributed by atoms with Gasteiger partial charge >= 0.3 is 5.97 Å². The third-order valence-corrected chi connectivity index (χ3v) is 3.33. The van der Waals surface area contributed by atoms with Crippen LogP contribution in [0.4, 0.5) is 0 Å². The summed E-state index contributed by atoms with van der Waals surface area (Å²) >= 11 is 11.7. The standard InChI is InChI=1S/C12H13Cl2NO4/c1-12(19,11(17)18)6-15-9(16)5-7-3-2-4-8(13)10(7)14/h2-4,19H,5-6H2,1H3,(H,15,16)(H,17,18). The molecule has 1 unspecified atom stereocenters. The Balaban J connectivity index is 2.62. The lowest BCUT2D eigenvalue weighted by molar-refractivity contribution is -0.156. The van der Waals surface area contributed by atoms with Crippen LogP contribution in [0.1, 0.15) is 12.5 Å². The summed E-state index contributed by atoms with van der Waals surface area (Å²) in [5, 5.41) is 21.1. The van der Waals surface area contributed by atoms with Crippen molar-refractivity contribution in [1.82, 2.24) is 5.32 Å². The van der Waals surface area contributed by atoms with Gasteiger partial charge in [-0.15, -0.1) is 0 Å². The number of halogens is 2. The smallest absolute Gasteiger partial charge is 0.337 e. The SMILES string of the molecule is CC(O)(CNC(=O)Cc1cccc(Cl)c1Cl)C(=O)O. The van der Waals surface area contributed by atoms with Crippen LogP contribution in [0, 0.1) is 0 Å². The molecule has 0 bridgehead atoms. The maximum atomic E-state index is 11.6. The normalized spacial score (nSPS) is 13.7. The minimum Gasteiger partial charge on any atom is -0.479 e. The highest BCUT2D eigenvalue weighted by Gasteiger charge is 2.30. The van der Waals surface area contributed by atoms with Crippen LogP contribution in [0.3, 0.4) is 0 Å². The Morgan fingerprint density at radius 1 is 1.37 bits per heavy atom. The molecule has 7 heteroatoms. The fourth-order valence-electron chi connectivity index (χ4n) is 1.27. The number of benzene rings is 1. The van der Waals surface area contributed by atoms with Gasteiger partial charge in [-0.2, -0.15) is 0 Å². The molecule has 3 N–H and O–H groups in total. The molecule has 0 heterocycles. The highest BCUT2D eigenvalue weighted by molar-refractivity contribution is 6.42. The Morgan fingerprint density at radius 2 is 2.00 bits per heavy atom. The molecule has 1 aromatic rings. The molecule has 0 aromatic heterocycles. The monoisotopic (exact) mass is 305 g/mol. The number of nitrogens with one attached hydrogen (secondary N) is 1. The summed E-state index contributed by atoms with van der Waals surface area (Å²) in [5.41, 5.74) is -1.48. The molecule has 0 aliphatic rings. The molecule has 0 aliphatic carbocycles. The first-order valence-electron chi connectivity index (χ1n) is 5.39. The first kappa shape index (κ1) is 15.8. The third kappa shape index (κ3) is 4.38. The third-order valence-electron chi connectivity index (χ3n) is 2.47. The molecule has 104 valence electrons. The summed E-state index contributed by atoms with van der Waals surface area (Å²) < 4.78 is 0. The van der Waals surface area contributed by atoms with Crippen LogP contribution < -0.4 is 5.32 Å². The molecule has 1 amide bonds. The summed E-state index contributed by atoms with van der Waals surface area (Å²) in [7, 11) is 0. The molecule has 0 fully saturated rings. The van der Waals surface area contributed by atoms with Crippen molar-refractivity contribution in [2.45, 2.75) is 18.9 Å². The molecule has 1 atom stereocenters. The lowest BCUT2D eigenvalue weighted by Gasteiger charge is -2.18. The Morgan fingerprint density at radius 3 is 2.58 bits per heavy atom. The molecule has 1 aromatic carbocycles. The van der Waals surface area contributed by atoms with Gasteiger partial charge in [0.2, 0.25) is 5.91 Å². The first-order chi connectivity index (χ1) is 8.74. The maximum absolute atomic E-state index is 11.6. The number of aliphatic hydroxyl groups is 1. The Kier molecular flexibility index (Phi) is 5.17. The zero-order chi connectivity index (χ0) is 14.6. The van der Waals surface area contributed by atoms with E-state index < -0.39 is 17.5 Å². The second-order valence-corrected chi connectivity index (χ2v) is 5.03. The average molecular weight is 306 g/mol. The van der Waals surface area contributed by atoms with E-state index in [9.17, 15) is 14.7 Å². The fourth-order valence-corrected chi connectivity index (χ4v) is 1.65. The zero-order valence-corrected chi connectivity index (χ0v) is 11.6. The average Bonchev–Trinajstić information content (AvgIpc) is 2.32. The maximum Gasteiger partial charge on any atom is 0.337 e. The van der Waals surface area contributed by atoms with Crippen molar-refractivity contribution in [2.75, 3.05) is 6.54 Å². The molecule has 1 rings (SSSR count). The lowest BCUT2D eigenvalue weighted by atomic mass is 10.1. The van der Waals surface area contributed by atoms with E-state index in [0.717, 1.165) is 6.92 Å². The van der Waals surface area contributed by atoms with Crippen LogP contribution >= 0.6 is 23.2 Å². The van der Waals surface area contributed by atoms with E-state index in [1.54, 1.807) is 18.2 Å². The number of hydrogen-bond donors (Lipinski definition) is 3. The van der Waals surface area contributed by atoms with Gasteiger partial charge in [-0.05, 0) is 18.6 Å². The van der Waals surface area contributed by atoms with Gasteiger partial charge in [0, 0.05) is 0 Å². The molecule has 0 saturated carbocycles. The van der Waals surface area contributed by atoms with E-state index in [0.29, 0.717) is 10.6 Å². The minimum absolute atomic E-state index is 0.0465. The van der Waals surface area contributed by atoms with Gasteiger partial charge in [0.05, 0.1) is 23.0 Å². The highest BCUT2D eigenvalue weighted by Crippen LogP contribution is 2.25. The molecule has 19 heavy (non-hydrogen) atoms. The second-order valence-electron chi connectivity index (χ2n) is 4.25. The second kappa shape index (κ2) is 6.23. The van der Waals surface area contributed by atoms with Crippen molar-refractivity contribution >= 4 is 35.1 Å². The Hall–Kier alpha value is -1.30. The summed E-state index contributed by atoms with van der Waals surface area (Å²) in [4.78, 5) is 22.3. The van der Waals surface area contributed by atoms with E-state index in [2.05, 4.69) is 5.32 Å². The number of rotatable bonds is 5.